The molecular formula is C10H15N5O5S2. The van der Waals surface area contributed by atoms with Crippen LogP contribution in [0.1, 0.15) is 6.92 Å². The lowest BCUT2D eigenvalue weighted by atomic mass is 10.3. The molecule has 1 saturated heterocycles. The first-order chi connectivity index (χ1) is 10.2. The fourth-order valence-electron chi connectivity index (χ4n) is 1.70. The van der Waals surface area contributed by atoms with Crippen molar-refractivity contribution < 1.29 is 22.7 Å². The quantitative estimate of drug-likeness (QED) is 0.548. The van der Waals surface area contributed by atoms with Crippen molar-refractivity contribution in [1.82, 2.24) is 19.8 Å². The zero-order valence-electron chi connectivity index (χ0n) is 12.1. The first-order valence-electron chi connectivity index (χ1n) is 6.20. The lowest BCUT2D eigenvalue weighted by Crippen LogP contribution is -2.37. The van der Waals surface area contributed by atoms with Crippen LogP contribution in [0.3, 0.4) is 0 Å². The number of aromatic nitrogens is 2. The summed E-state index contributed by atoms with van der Waals surface area (Å²) in [6.45, 7) is 1.52. The number of ether oxygens (including phenoxy) is 1. The Morgan fingerprint density at radius 1 is 1.50 bits per heavy atom. The fraction of sp³-hybridized carbons (Fsp3) is 0.600. The molecule has 12 heteroatoms. The Labute approximate surface area is 131 Å². The molecule has 1 fully saturated rings. The summed E-state index contributed by atoms with van der Waals surface area (Å²) >= 11 is 0.780. The van der Waals surface area contributed by atoms with E-state index >= 15 is 0 Å². The van der Waals surface area contributed by atoms with Gasteiger partial charge in [0.25, 0.3) is 10.0 Å². The van der Waals surface area contributed by atoms with Crippen LogP contribution in [0.25, 0.3) is 0 Å². The monoisotopic (exact) mass is 349 g/mol. The van der Waals surface area contributed by atoms with E-state index in [0.29, 0.717) is 0 Å². The van der Waals surface area contributed by atoms with Crippen LogP contribution >= 0.6 is 11.3 Å². The molecule has 10 nitrogen and oxygen atoms in total. The van der Waals surface area contributed by atoms with Gasteiger partial charge in [-0.05, 0) is 0 Å². The lowest BCUT2D eigenvalue weighted by molar-refractivity contribution is -0.141. The molecule has 1 aromatic rings. The number of esters is 1. The molecule has 0 radical (unpaired) electrons. The predicted octanol–water partition coefficient (Wildman–Crippen LogP) is -0.750. The van der Waals surface area contributed by atoms with E-state index in [0.717, 1.165) is 15.6 Å². The molecular weight excluding hydrogens is 334 g/mol. The van der Waals surface area contributed by atoms with E-state index in [-0.39, 0.29) is 22.6 Å². The van der Waals surface area contributed by atoms with E-state index in [4.69, 9.17) is 4.74 Å². The number of carbonyl (C=O) groups is 2. The topological polar surface area (TPSA) is 122 Å². The minimum absolute atomic E-state index is 0.0105. The van der Waals surface area contributed by atoms with Gasteiger partial charge in [-0.1, -0.05) is 11.3 Å². The smallest absolute Gasteiger partial charge is 0.324 e. The summed E-state index contributed by atoms with van der Waals surface area (Å²) in [4.78, 5) is 24.0. The second-order valence-corrected chi connectivity index (χ2v) is 7.93. The summed E-state index contributed by atoms with van der Waals surface area (Å²) in [5.41, 5.74) is 0. The highest BCUT2D eigenvalue weighted by Gasteiger charge is 2.36. The van der Waals surface area contributed by atoms with Crippen LogP contribution < -0.4 is 10.2 Å². The molecule has 1 aliphatic heterocycles. The maximum absolute atomic E-state index is 12.0. The number of anilines is 1. The maximum Gasteiger partial charge on any atom is 0.324 e. The van der Waals surface area contributed by atoms with E-state index in [1.165, 1.54) is 25.9 Å². The minimum Gasteiger partial charge on any atom is -0.464 e. The second kappa shape index (κ2) is 6.14. The Morgan fingerprint density at radius 2 is 2.18 bits per heavy atom. The highest BCUT2D eigenvalue weighted by Crippen LogP contribution is 2.28. The number of hydrogen-bond acceptors (Lipinski definition) is 8. The van der Waals surface area contributed by atoms with Crippen LogP contribution in [0.15, 0.2) is 4.34 Å². The van der Waals surface area contributed by atoms with Crippen molar-refractivity contribution in [2.24, 2.45) is 0 Å². The number of carbonyl (C=O) groups excluding carboxylic acids is 2. The molecule has 0 aromatic carbocycles. The predicted molar refractivity (Wildman–Crippen MR) is 77.1 cm³/mol. The van der Waals surface area contributed by atoms with E-state index in [9.17, 15) is 18.0 Å². The van der Waals surface area contributed by atoms with Crippen molar-refractivity contribution in [3.63, 3.8) is 0 Å². The number of amides is 2. The Bertz CT molecular complexity index is 686. The third kappa shape index (κ3) is 3.18. The zero-order valence-corrected chi connectivity index (χ0v) is 13.8. The average Bonchev–Trinajstić information content (AvgIpc) is 3.02. The van der Waals surface area contributed by atoms with Crippen LogP contribution in [0.5, 0.6) is 0 Å². The highest BCUT2D eigenvalue weighted by molar-refractivity contribution is 7.91. The molecule has 1 N–H and O–H groups in total. The Balaban J connectivity index is 2.24. The van der Waals surface area contributed by atoms with Crippen molar-refractivity contribution in [3.05, 3.63) is 0 Å². The normalized spacial score (nSPS) is 18.6. The van der Waals surface area contributed by atoms with Gasteiger partial charge in [0.2, 0.25) is 9.47 Å². The van der Waals surface area contributed by atoms with Crippen LogP contribution in [-0.4, -0.2) is 68.2 Å². The first-order valence-corrected chi connectivity index (χ1v) is 8.45. The van der Waals surface area contributed by atoms with E-state index in [1.54, 1.807) is 0 Å². The minimum atomic E-state index is -3.71. The van der Waals surface area contributed by atoms with Gasteiger partial charge >= 0.3 is 12.0 Å². The van der Waals surface area contributed by atoms with Gasteiger partial charge in [-0.3, -0.25) is 9.69 Å². The summed E-state index contributed by atoms with van der Waals surface area (Å²) in [6.07, 6.45) is 0. The number of urea groups is 1. The molecule has 122 valence electrons. The standard InChI is InChI=1S/C10H15N5O5S2/c1-6(16)20-5-7-4-11-8(17)15(7)9-12-13-10(21-9)22(18,19)14(2)3/h7H,4-5H2,1-3H3,(H,11,17). The summed E-state index contributed by atoms with van der Waals surface area (Å²) in [5.74, 6) is -0.465. The molecule has 1 unspecified atom stereocenters. The summed E-state index contributed by atoms with van der Waals surface area (Å²) in [5, 5.41) is 10.1. The third-order valence-electron chi connectivity index (χ3n) is 2.86. The van der Waals surface area contributed by atoms with Gasteiger partial charge in [-0.25, -0.2) is 17.5 Å². The highest BCUT2D eigenvalue weighted by atomic mass is 32.2. The van der Waals surface area contributed by atoms with Crippen LogP contribution in [0.2, 0.25) is 0 Å². The van der Waals surface area contributed by atoms with Crippen LogP contribution in [0, 0.1) is 0 Å². The molecule has 1 atom stereocenters. The maximum atomic E-state index is 12.0. The summed E-state index contributed by atoms with van der Waals surface area (Å²) in [7, 11) is -0.957. The number of nitrogens with zero attached hydrogens (tertiary/aromatic N) is 4. The van der Waals surface area contributed by atoms with Crippen molar-refractivity contribution in [2.75, 3.05) is 32.1 Å². The summed E-state index contributed by atoms with van der Waals surface area (Å²) < 4.78 is 29.7. The Hall–Kier alpha value is -1.79. The van der Waals surface area contributed by atoms with Crippen molar-refractivity contribution in [1.29, 1.82) is 0 Å². The molecule has 2 heterocycles. The Kier molecular flexibility index (Phi) is 4.63. The van der Waals surface area contributed by atoms with Crippen molar-refractivity contribution in [3.8, 4) is 0 Å². The fourth-order valence-corrected chi connectivity index (χ4v) is 3.90. The largest absolute Gasteiger partial charge is 0.464 e. The zero-order chi connectivity index (χ0) is 16.5. The SMILES string of the molecule is CC(=O)OCC1CNC(=O)N1c1nnc(S(=O)(=O)N(C)C)s1. The van der Waals surface area contributed by atoms with Gasteiger partial charge in [0.05, 0.1) is 6.04 Å². The van der Waals surface area contributed by atoms with E-state index in [1.807, 2.05) is 0 Å². The molecule has 0 aliphatic carbocycles. The van der Waals surface area contributed by atoms with Crippen LogP contribution in [0.4, 0.5) is 9.93 Å². The van der Waals surface area contributed by atoms with E-state index < -0.39 is 28.1 Å². The van der Waals surface area contributed by atoms with Crippen molar-refractivity contribution >= 4 is 38.5 Å². The van der Waals surface area contributed by atoms with Crippen LogP contribution in [-0.2, 0) is 19.6 Å². The number of nitrogens with one attached hydrogen (secondary N) is 1. The van der Waals surface area contributed by atoms with Gasteiger partial charge in [-0.2, -0.15) is 0 Å². The van der Waals surface area contributed by atoms with E-state index in [2.05, 4.69) is 15.5 Å². The molecule has 2 rings (SSSR count). The molecule has 1 aliphatic rings. The lowest BCUT2D eigenvalue weighted by Gasteiger charge is -2.18. The van der Waals surface area contributed by atoms with Gasteiger partial charge in [0.15, 0.2) is 0 Å². The summed E-state index contributed by atoms with van der Waals surface area (Å²) in [6, 6.07) is -0.902. The van der Waals surface area contributed by atoms with Gasteiger partial charge in [0.1, 0.15) is 6.61 Å². The van der Waals surface area contributed by atoms with Gasteiger partial charge in [-0.15, -0.1) is 10.2 Å². The molecule has 0 bridgehead atoms. The van der Waals surface area contributed by atoms with Crippen molar-refractivity contribution in [2.45, 2.75) is 17.3 Å². The first kappa shape index (κ1) is 16.6. The number of sulfonamides is 1. The molecule has 1 aromatic heterocycles. The Morgan fingerprint density at radius 3 is 2.77 bits per heavy atom. The van der Waals surface area contributed by atoms with Gasteiger partial charge in [0, 0.05) is 27.6 Å². The van der Waals surface area contributed by atoms with Gasteiger partial charge < -0.3 is 10.1 Å². The third-order valence-corrected chi connectivity index (χ3v) is 5.94. The number of hydrogen-bond donors (Lipinski definition) is 1. The molecule has 22 heavy (non-hydrogen) atoms. The molecule has 0 spiro atoms. The number of rotatable bonds is 5. The molecule has 0 saturated carbocycles. The second-order valence-electron chi connectivity index (χ2n) is 4.65. The molecule has 2 amide bonds. The average molecular weight is 349 g/mol.